The molecule has 1 saturated carbocycles. The standard InChI is InChI=1S/C15H21Cl2NO2/c1-15(6-2-3-7-15)18-9-11(19)10-20-12-4-5-13(16)14(17)8-12/h4-5,8,11,18-19H,2-3,6-7,9-10H2,1H3. The van der Waals surface area contributed by atoms with E-state index in [2.05, 4.69) is 12.2 Å². The second kappa shape index (κ2) is 6.99. The van der Waals surface area contributed by atoms with Crippen molar-refractivity contribution in [3.63, 3.8) is 0 Å². The van der Waals surface area contributed by atoms with Crippen LogP contribution in [0, 0.1) is 0 Å². The van der Waals surface area contributed by atoms with Crippen LogP contribution in [0.2, 0.25) is 10.0 Å². The van der Waals surface area contributed by atoms with Crippen LogP contribution in [0.15, 0.2) is 18.2 Å². The van der Waals surface area contributed by atoms with Crippen LogP contribution >= 0.6 is 23.2 Å². The normalized spacial score (nSPS) is 19.0. The smallest absolute Gasteiger partial charge is 0.121 e. The third-order valence-corrected chi connectivity index (χ3v) is 4.54. The highest BCUT2D eigenvalue weighted by molar-refractivity contribution is 6.42. The third kappa shape index (κ3) is 4.52. The second-order valence-corrected chi connectivity index (χ2v) is 6.50. The molecule has 0 bridgehead atoms. The molecule has 1 fully saturated rings. The molecule has 112 valence electrons. The van der Waals surface area contributed by atoms with E-state index in [0.29, 0.717) is 22.3 Å². The average Bonchev–Trinajstić information content (AvgIpc) is 2.85. The molecular formula is C15H21Cl2NO2. The maximum absolute atomic E-state index is 9.96. The van der Waals surface area contributed by atoms with E-state index in [1.807, 2.05) is 0 Å². The van der Waals surface area contributed by atoms with Gasteiger partial charge in [-0.15, -0.1) is 0 Å². The number of ether oxygens (including phenoxy) is 1. The Balaban J connectivity index is 1.74. The van der Waals surface area contributed by atoms with Gasteiger partial charge in [-0.3, -0.25) is 0 Å². The van der Waals surface area contributed by atoms with Crippen LogP contribution in [0.4, 0.5) is 0 Å². The van der Waals surface area contributed by atoms with E-state index in [4.69, 9.17) is 27.9 Å². The fourth-order valence-corrected chi connectivity index (χ4v) is 2.80. The molecule has 1 aliphatic rings. The van der Waals surface area contributed by atoms with Gasteiger partial charge in [-0.25, -0.2) is 0 Å². The zero-order valence-corrected chi connectivity index (χ0v) is 13.2. The Morgan fingerprint density at radius 2 is 2.00 bits per heavy atom. The van der Waals surface area contributed by atoms with Gasteiger partial charge in [-0.05, 0) is 31.9 Å². The van der Waals surface area contributed by atoms with Crippen molar-refractivity contribution in [1.29, 1.82) is 0 Å². The molecule has 5 heteroatoms. The molecule has 1 aromatic rings. The van der Waals surface area contributed by atoms with Crippen LogP contribution in [0.25, 0.3) is 0 Å². The fraction of sp³-hybridized carbons (Fsp3) is 0.600. The fourth-order valence-electron chi connectivity index (χ4n) is 2.51. The lowest BCUT2D eigenvalue weighted by atomic mass is 10.0. The zero-order chi connectivity index (χ0) is 14.6. The van der Waals surface area contributed by atoms with Gasteiger partial charge in [0.2, 0.25) is 0 Å². The molecular weight excluding hydrogens is 297 g/mol. The van der Waals surface area contributed by atoms with Gasteiger partial charge >= 0.3 is 0 Å². The van der Waals surface area contributed by atoms with E-state index in [1.165, 1.54) is 25.7 Å². The maximum Gasteiger partial charge on any atom is 0.121 e. The van der Waals surface area contributed by atoms with Crippen molar-refractivity contribution < 1.29 is 9.84 Å². The quantitative estimate of drug-likeness (QED) is 0.841. The van der Waals surface area contributed by atoms with E-state index < -0.39 is 6.10 Å². The van der Waals surface area contributed by atoms with Crippen molar-refractivity contribution in [2.45, 2.75) is 44.2 Å². The Bertz CT molecular complexity index is 447. The van der Waals surface area contributed by atoms with Gasteiger partial charge in [0.25, 0.3) is 0 Å². The molecule has 0 saturated heterocycles. The molecule has 0 radical (unpaired) electrons. The Hall–Kier alpha value is -0.480. The van der Waals surface area contributed by atoms with Crippen molar-refractivity contribution in [2.24, 2.45) is 0 Å². The maximum atomic E-state index is 9.96. The number of halogens is 2. The van der Waals surface area contributed by atoms with Gasteiger partial charge in [-0.1, -0.05) is 36.0 Å². The first-order valence-corrected chi connectivity index (χ1v) is 7.75. The summed E-state index contributed by atoms with van der Waals surface area (Å²) in [5.74, 6) is 0.616. The monoisotopic (exact) mass is 317 g/mol. The first kappa shape index (κ1) is 15.9. The number of hydrogen-bond donors (Lipinski definition) is 2. The average molecular weight is 318 g/mol. The summed E-state index contributed by atoms with van der Waals surface area (Å²) >= 11 is 11.7. The number of benzene rings is 1. The van der Waals surface area contributed by atoms with Crippen LogP contribution in [-0.4, -0.2) is 29.9 Å². The topological polar surface area (TPSA) is 41.5 Å². The Morgan fingerprint density at radius 3 is 2.65 bits per heavy atom. The summed E-state index contributed by atoms with van der Waals surface area (Å²) in [5, 5.41) is 14.3. The minimum atomic E-state index is -0.540. The molecule has 0 amide bonds. The first-order chi connectivity index (χ1) is 9.48. The molecule has 1 unspecified atom stereocenters. The molecule has 3 nitrogen and oxygen atoms in total. The van der Waals surface area contributed by atoms with Gasteiger partial charge in [0, 0.05) is 18.2 Å². The third-order valence-electron chi connectivity index (χ3n) is 3.81. The lowest BCUT2D eigenvalue weighted by Gasteiger charge is -2.27. The van der Waals surface area contributed by atoms with E-state index in [9.17, 15) is 5.11 Å². The summed E-state index contributed by atoms with van der Waals surface area (Å²) in [7, 11) is 0. The van der Waals surface area contributed by atoms with Crippen molar-refractivity contribution in [1.82, 2.24) is 5.32 Å². The lowest BCUT2D eigenvalue weighted by Crippen LogP contribution is -2.44. The van der Waals surface area contributed by atoms with Crippen LogP contribution in [0.3, 0.4) is 0 Å². The highest BCUT2D eigenvalue weighted by atomic mass is 35.5. The summed E-state index contributed by atoms with van der Waals surface area (Å²) in [5.41, 5.74) is 0.171. The molecule has 0 heterocycles. The molecule has 1 atom stereocenters. The predicted octanol–water partition coefficient (Wildman–Crippen LogP) is 3.66. The van der Waals surface area contributed by atoms with Crippen LogP contribution in [-0.2, 0) is 0 Å². The molecule has 20 heavy (non-hydrogen) atoms. The first-order valence-electron chi connectivity index (χ1n) is 6.99. The summed E-state index contributed by atoms with van der Waals surface area (Å²) in [4.78, 5) is 0. The van der Waals surface area contributed by atoms with Crippen molar-refractivity contribution in [3.8, 4) is 5.75 Å². The van der Waals surface area contributed by atoms with Gasteiger partial charge in [0.15, 0.2) is 0 Å². The minimum absolute atomic E-state index is 0.171. The number of aliphatic hydroxyl groups is 1. The highest BCUT2D eigenvalue weighted by Crippen LogP contribution is 2.29. The molecule has 1 aliphatic carbocycles. The highest BCUT2D eigenvalue weighted by Gasteiger charge is 2.28. The zero-order valence-electron chi connectivity index (χ0n) is 11.7. The molecule has 1 aromatic carbocycles. The Kier molecular flexibility index (Phi) is 5.56. The van der Waals surface area contributed by atoms with E-state index in [-0.39, 0.29) is 12.1 Å². The van der Waals surface area contributed by atoms with Crippen LogP contribution in [0.1, 0.15) is 32.6 Å². The molecule has 0 aliphatic heterocycles. The van der Waals surface area contributed by atoms with Crippen LogP contribution in [0.5, 0.6) is 5.75 Å². The Morgan fingerprint density at radius 1 is 1.30 bits per heavy atom. The molecule has 2 N–H and O–H groups in total. The predicted molar refractivity (Wildman–Crippen MR) is 82.8 cm³/mol. The summed E-state index contributed by atoms with van der Waals surface area (Å²) in [6.45, 7) is 2.99. The number of rotatable bonds is 6. The number of aliphatic hydroxyl groups excluding tert-OH is 1. The Labute approximate surface area is 130 Å². The van der Waals surface area contributed by atoms with Gasteiger partial charge < -0.3 is 15.2 Å². The SMILES string of the molecule is CC1(NCC(O)COc2ccc(Cl)c(Cl)c2)CCCC1. The minimum Gasteiger partial charge on any atom is -0.491 e. The number of hydrogen-bond acceptors (Lipinski definition) is 3. The lowest BCUT2D eigenvalue weighted by molar-refractivity contribution is 0.0980. The molecule has 2 rings (SSSR count). The van der Waals surface area contributed by atoms with Crippen molar-refractivity contribution in [3.05, 3.63) is 28.2 Å². The van der Waals surface area contributed by atoms with Crippen molar-refractivity contribution in [2.75, 3.05) is 13.2 Å². The van der Waals surface area contributed by atoms with Gasteiger partial charge in [0.05, 0.1) is 10.0 Å². The van der Waals surface area contributed by atoms with E-state index in [1.54, 1.807) is 18.2 Å². The van der Waals surface area contributed by atoms with Crippen LogP contribution < -0.4 is 10.1 Å². The second-order valence-electron chi connectivity index (χ2n) is 5.69. The number of β-amino-alcohol motifs (C(OH)–C–C–N with tert-alkyl or cyclic N) is 1. The summed E-state index contributed by atoms with van der Waals surface area (Å²) < 4.78 is 5.52. The summed E-state index contributed by atoms with van der Waals surface area (Å²) in [6.07, 6.45) is 4.33. The largest absolute Gasteiger partial charge is 0.491 e. The molecule has 0 aromatic heterocycles. The number of nitrogens with one attached hydrogen (secondary N) is 1. The van der Waals surface area contributed by atoms with E-state index >= 15 is 0 Å². The van der Waals surface area contributed by atoms with E-state index in [0.717, 1.165) is 0 Å². The van der Waals surface area contributed by atoms with Crippen molar-refractivity contribution >= 4 is 23.2 Å². The van der Waals surface area contributed by atoms with Gasteiger partial charge in [0.1, 0.15) is 18.5 Å². The van der Waals surface area contributed by atoms with Gasteiger partial charge in [-0.2, -0.15) is 0 Å². The molecule has 0 spiro atoms. The summed E-state index contributed by atoms with van der Waals surface area (Å²) in [6, 6.07) is 5.08.